The first-order valence-electron chi connectivity index (χ1n) is 7.92. The zero-order chi connectivity index (χ0) is 15.6. The van der Waals surface area contributed by atoms with Crippen molar-refractivity contribution in [3.8, 4) is 0 Å². The van der Waals surface area contributed by atoms with Gasteiger partial charge in [0.15, 0.2) is 5.96 Å². The molecule has 118 valence electrons. The molecule has 0 spiro atoms. The van der Waals surface area contributed by atoms with Crippen LogP contribution in [0.25, 0.3) is 0 Å². The van der Waals surface area contributed by atoms with E-state index in [4.69, 9.17) is 0 Å². The zero-order valence-corrected chi connectivity index (χ0v) is 13.5. The minimum Gasteiger partial charge on any atom is -0.388 e. The average molecular weight is 291 g/mol. The van der Waals surface area contributed by atoms with Crippen LogP contribution in [0.4, 0.5) is 0 Å². The molecule has 1 aromatic rings. The first-order valence-corrected chi connectivity index (χ1v) is 7.92. The zero-order valence-electron chi connectivity index (χ0n) is 13.5. The third-order valence-corrected chi connectivity index (χ3v) is 3.74. The van der Waals surface area contributed by atoms with Crippen molar-refractivity contribution in [1.82, 2.24) is 10.6 Å². The highest BCUT2D eigenvalue weighted by Gasteiger charge is 2.21. The van der Waals surface area contributed by atoms with Gasteiger partial charge in [-0.25, -0.2) is 0 Å². The predicted molar refractivity (Wildman–Crippen MR) is 89.7 cm³/mol. The van der Waals surface area contributed by atoms with E-state index >= 15 is 0 Å². The average Bonchev–Trinajstić information content (AvgIpc) is 2.53. The molecule has 0 fully saturated rings. The van der Waals surface area contributed by atoms with E-state index in [2.05, 4.69) is 39.9 Å². The molecule has 0 aromatic heterocycles. The fourth-order valence-electron chi connectivity index (χ4n) is 2.01. The van der Waals surface area contributed by atoms with Gasteiger partial charge in [-0.15, -0.1) is 0 Å². The maximum absolute atomic E-state index is 10.3. The topological polar surface area (TPSA) is 56.7 Å². The Morgan fingerprint density at radius 2 is 1.76 bits per heavy atom. The van der Waals surface area contributed by atoms with Crippen molar-refractivity contribution in [2.45, 2.75) is 45.6 Å². The summed E-state index contributed by atoms with van der Waals surface area (Å²) in [4.78, 5) is 4.50. The second-order valence-corrected chi connectivity index (χ2v) is 5.29. The Balaban J connectivity index is 2.49. The van der Waals surface area contributed by atoms with E-state index in [9.17, 15) is 5.11 Å². The Labute approximate surface area is 128 Å². The fourth-order valence-corrected chi connectivity index (χ4v) is 2.01. The van der Waals surface area contributed by atoms with Crippen LogP contribution in [0, 0.1) is 0 Å². The number of benzene rings is 1. The smallest absolute Gasteiger partial charge is 0.191 e. The maximum Gasteiger partial charge on any atom is 0.191 e. The summed E-state index contributed by atoms with van der Waals surface area (Å²) in [6, 6.07) is 10.4. The van der Waals surface area contributed by atoms with Crippen LogP contribution in [0.3, 0.4) is 0 Å². The van der Waals surface area contributed by atoms with Crippen LogP contribution in [-0.2, 0) is 6.42 Å². The summed E-state index contributed by atoms with van der Waals surface area (Å²) in [6.07, 6.45) is 2.39. The van der Waals surface area contributed by atoms with Crippen LogP contribution >= 0.6 is 0 Å². The van der Waals surface area contributed by atoms with Gasteiger partial charge in [0.05, 0.1) is 12.1 Å². The van der Waals surface area contributed by atoms with Gasteiger partial charge in [-0.3, -0.25) is 4.99 Å². The second-order valence-electron chi connectivity index (χ2n) is 5.29. The molecule has 3 N–H and O–H groups in total. The van der Waals surface area contributed by atoms with E-state index in [0.29, 0.717) is 6.54 Å². The van der Waals surface area contributed by atoms with Gasteiger partial charge < -0.3 is 15.7 Å². The van der Waals surface area contributed by atoms with E-state index in [1.54, 1.807) is 0 Å². The van der Waals surface area contributed by atoms with Crippen molar-refractivity contribution in [2.24, 2.45) is 4.99 Å². The summed E-state index contributed by atoms with van der Waals surface area (Å²) < 4.78 is 0. The molecule has 0 atom stereocenters. The summed E-state index contributed by atoms with van der Waals surface area (Å²) in [5, 5.41) is 16.8. The molecule has 1 rings (SSSR count). The highest BCUT2D eigenvalue weighted by molar-refractivity contribution is 5.79. The number of hydrogen-bond acceptors (Lipinski definition) is 2. The first kappa shape index (κ1) is 17.5. The molecule has 0 saturated carbocycles. The van der Waals surface area contributed by atoms with Crippen LogP contribution in [0.1, 0.15) is 39.2 Å². The molecule has 4 nitrogen and oxygen atoms in total. The van der Waals surface area contributed by atoms with Crippen LogP contribution in [-0.4, -0.2) is 36.3 Å². The lowest BCUT2D eigenvalue weighted by molar-refractivity contribution is 0.0418. The molecule has 0 aliphatic heterocycles. The lowest BCUT2D eigenvalue weighted by atomic mass is 9.98. The van der Waals surface area contributed by atoms with Gasteiger partial charge in [-0.2, -0.15) is 0 Å². The van der Waals surface area contributed by atoms with Crippen LogP contribution in [0.15, 0.2) is 35.3 Å². The van der Waals surface area contributed by atoms with E-state index in [1.165, 1.54) is 5.56 Å². The molecule has 1 aromatic carbocycles. The Morgan fingerprint density at radius 3 is 2.33 bits per heavy atom. The molecular weight excluding hydrogens is 262 g/mol. The van der Waals surface area contributed by atoms with Gasteiger partial charge in [-0.05, 0) is 31.7 Å². The molecule has 0 aliphatic rings. The molecule has 0 saturated heterocycles. The standard InChI is InChI=1S/C17H29N3O/c1-4-17(21,5-2)14-20-16(18-6-3)19-13-12-15-10-8-7-9-11-15/h7-11,21H,4-6,12-14H2,1-3H3,(H2,18,19,20). The molecule has 0 amide bonds. The summed E-state index contributed by atoms with van der Waals surface area (Å²) in [5.41, 5.74) is 0.612. The Kier molecular flexibility index (Phi) is 7.83. The third-order valence-electron chi connectivity index (χ3n) is 3.74. The van der Waals surface area contributed by atoms with E-state index < -0.39 is 5.60 Å². The van der Waals surface area contributed by atoms with Gasteiger partial charge in [-0.1, -0.05) is 44.2 Å². The van der Waals surface area contributed by atoms with E-state index in [-0.39, 0.29) is 0 Å². The fraction of sp³-hybridized carbons (Fsp3) is 0.588. The van der Waals surface area contributed by atoms with Crippen molar-refractivity contribution < 1.29 is 5.11 Å². The molecule has 0 unspecified atom stereocenters. The minimum absolute atomic E-state index is 0.431. The van der Waals surface area contributed by atoms with Crippen molar-refractivity contribution in [1.29, 1.82) is 0 Å². The Hall–Kier alpha value is -1.55. The van der Waals surface area contributed by atoms with Crippen molar-refractivity contribution in [3.05, 3.63) is 35.9 Å². The van der Waals surface area contributed by atoms with Gasteiger partial charge >= 0.3 is 0 Å². The normalized spacial score (nSPS) is 12.3. The number of nitrogens with one attached hydrogen (secondary N) is 2. The maximum atomic E-state index is 10.3. The first-order chi connectivity index (χ1) is 10.1. The minimum atomic E-state index is -0.693. The number of rotatable bonds is 8. The lowest BCUT2D eigenvalue weighted by Crippen LogP contribution is -2.40. The lowest BCUT2D eigenvalue weighted by Gasteiger charge is -2.23. The van der Waals surface area contributed by atoms with Crippen molar-refractivity contribution in [3.63, 3.8) is 0 Å². The van der Waals surface area contributed by atoms with Gasteiger partial charge in [0, 0.05) is 13.1 Å². The van der Waals surface area contributed by atoms with Crippen LogP contribution in [0.2, 0.25) is 0 Å². The molecular formula is C17H29N3O. The summed E-state index contributed by atoms with van der Waals surface area (Å²) in [6.45, 7) is 8.10. The predicted octanol–water partition coefficient (Wildman–Crippen LogP) is 2.34. The summed E-state index contributed by atoms with van der Waals surface area (Å²) >= 11 is 0. The van der Waals surface area contributed by atoms with E-state index in [0.717, 1.165) is 38.3 Å². The number of aliphatic imine (C=N–C) groups is 1. The molecule has 0 heterocycles. The monoisotopic (exact) mass is 291 g/mol. The van der Waals surface area contributed by atoms with Gasteiger partial charge in [0.25, 0.3) is 0 Å². The van der Waals surface area contributed by atoms with Crippen molar-refractivity contribution >= 4 is 5.96 Å². The second kappa shape index (κ2) is 9.40. The quantitative estimate of drug-likeness (QED) is 0.509. The highest BCUT2D eigenvalue weighted by atomic mass is 16.3. The number of nitrogens with zero attached hydrogens (tertiary/aromatic N) is 1. The third kappa shape index (κ3) is 6.63. The number of guanidine groups is 1. The molecule has 0 bridgehead atoms. The molecule has 21 heavy (non-hydrogen) atoms. The Morgan fingerprint density at radius 1 is 1.10 bits per heavy atom. The highest BCUT2D eigenvalue weighted by Crippen LogP contribution is 2.14. The van der Waals surface area contributed by atoms with E-state index in [1.807, 2.05) is 26.8 Å². The Bertz CT molecular complexity index is 413. The molecule has 4 heteroatoms. The molecule has 0 aliphatic carbocycles. The largest absolute Gasteiger partial charge is 0.388 e. The summed E-state index contributed by atoms with van der Waals surface area (Å²) in [7, 11) is 0. The summed E-state index contributed by atoms with van der Waals surface area (Å²) in [5.74, 6) is 0.772. The molecule has 0 radical (unpaired) electrons. The van der Waals surface area contributed by atoms with Crippen LogP contribution < -0.4 is 10.6 Å². The van der Waals surface area contributed by atoms with Crippen LogP contribution in [0.5, 0.6) is 0 Å². The number of hydrogen-bond donors (Lipinski definition) is 3. The van der Waals surface area contributed by atoms with Gasteiger partial charge in [0.2, 0.25) is 0 Å². The SMILES string of the molecule is CCNC(=NCC(O)(CC)CC)NCCc1ccccc1. The number of aliphatic hydroxyl groups is 1. The van der Waals surface area contributed by atoms with Gasteiger partial charge in [0.1, 0.15) is 0 Å². The van der Waals surface area contributed by atoms with Crippen molar-refractivity contribution in [2.75, 3.05) is 19.6 Å².